The minimum atomic E-state index is 0.580. The van der Waals surface area contributed by atoms with Gasteiger partial charge in [-0.25, -0.2) is 0 Å². The Hall–Kier alpha value is -1.70. The van der Waals surface area contributed by atoms with E-state index in [0.717, 1.165) is 21.6 Å². The lowest BCUT2D eigenvalue weighted by Crippen LogP contribution is -2.25. The summed E-state index contributed by atoms with van der Waals surface area (Å²) in [6.07, 6.45) is 2.43. The first kappa shape index (κ1) is 16.8. The van der Waals surface area contributed by atoms with E-state index in [2.05, 4.69) is 37.0 Å². The monoisotopic (exact) mass is 419 g/mol. The molecule has 0 unspecified atom stereocenters. The number of halogens is 1. The molecule has 2 heterocycles. The van der Waals surface area contributed by atoms with E-state index in [1.165, 1.54) is 18.4 Å². The van der Waals surface area contributed by atoms with Gasteiger partial charge < -0.3 is 9.26 Å². The normalized spacial score (nSPS) is 14.2. The van der Waals surface area contributed by atoms with Crippen LogP contribution >= 0.6 is 27.3 Å². The smallest absolute Gasteiger partial charge is 0.241 e. The molecule has 0 saturated heterocycles. The predicted octanol–water partition coefficient (Wildman–Crippen LogP) is 4.73. The number of ether oxygens (including phenoxy) is 1. The number of hydrogen-bond acceptors (Lipinski definition) is 6. The Morgan fingerprint density at radius 2 is 2.16 bits per heavy atom. The molecule has 7 heteroatoms. The fraction of sp³-hybridized carbons (Fsp3) is 0.333. The molecule has 0 radical (unpaired) electrons. The van der Waals surface area contributed by atoms with Crippen molar-refractivity contribution in [2.45, 2.75) is 32.0 Å². The van der Waals surface area contributed by atoms with Gasteiger partial charge in [0.15, 0.2) is 0 Å². The van der Waals surface area contributed by atoms with E-state index in [4.69, 9.17) is 9.26 Å². The van der Waals surface area contributed by atoms with Crippen molar-refractivity contribution in [1.29, 1.82) is 0 Å². The summed E-state index contributed by atoms with van der Waals surface area (Å²) in [4.78, 5) is 7.96. The van der Waals surface area contributed by atoms with E-state index in [1.54, 1.807) is 18.4 Å². The lowest BCUT2D eigenvalue weighted by Gasteiger charge is -2.21. The van der Waals surface area contributed by atoms with Crippen LogP contribution in [0.3, 0.4) is 0 Å². The van der Waals surface area contributed by atoms with Gasteiger partial charge in [-0.05, 0) is 40.9 Å². The summed E-state index contributed by atoms with van der Waals surface area (Å²) in [5.74, 6) is 2.22. The van der Waals surface area contributed by atoms with Crippen molar-refractivity contribution < 1.29 is 9.26 Å². The highest BCUT2D eigenvalue weighted by molar-refractivity contribution is 9.10. The number of benzene rings is 1. The molecule has 3 aromatic rings. The number of thiophene rings is 1. The second kappa shape index (κ2) is 7.27. The SMILES string of the molecule is COc1ccccc1CN(Cc1nc(-c2cc(Br)cs2)no1)C1CC1. The largest absolute Gasteiger partial charge is 0.496 e. The van der Waals surface area contributed by atoms with Crippen LogP contribution in [-0.2, 0) is 13.1 Å². The molecule has 1 aromatic carbocycles. The zero-order chi connectivity index (χ0) is 17.2. The number of hydrogen-bond donors (Lipinski definition) is 0. The van der Waals surface area contributed by atoms with Crippen molar-refractivity contribution in [2.75, 3.05) is 7.11 Å². The van der Waals surface area contributed by atoms with Crippen LogP contribution in [0.15, 0.2) is 44.7 Å². The molecule has 1 aliphatic rings. The molecule has 0 N–H and O–H groups in total. The summed E-state index contributed by atoms with van der Waals surface area (Å²) >= 11 is 5.06. The van der Waals surface area contributed by atoms with Gasteiger partial charge in [0.05, 0.1) is 18.5 Å². The van der Waals surface area contributed by atoms with E-state index in [9.17, 15) is 0 Å². The van der Waals surface area contributed by atoms with Gasteiger partial charge in [0.25, 0.3) is 0 Å². The standard InChI is InChI=1S/C18H18BrN3O2S/c1-23-15-5-3-2-4-12(15)9-22(14-6-7-14)10-17-20-18(21-24-17)16-8-13(19)11-25-16/h2-5,8,11,14H,6-7,9-10H2,1H3. The van der Waals surface area contributed by atoms with Crippen molar-refractivity contribution in [1.82, 2.24) is 15.0 Å². The van der Waals surface area contributed by atoms with E-state index < -0.39 is 0 Å². The molecule has 5 nitrogen and oxygen atoms in total. The lowest BCUT2D eigenvalue weighted by atomic mass is 10.2. The fourth-order valence-corrected chi connectivity index (χ4v) is 4.18. The summed E-state index contributed by atoms with van der Waals surface area (Å²) in [5.41, 5.74) is 1.18. The van der Waals surface area contributed by atoms with Gasteiger partial charge in [-0.15, -0.1) is 11.3 Å². The number of methoxy groups -OCH3 is 1. The maximum Gasteiger partial charge on any atom is 0.241 e. The second-order valence-electron chi connectivity index (χ2n) is 6.09. The zero-order valence-electron chi connectivity index (χ0n) is 13.8. The number of nitrogens with zero attached hydrogens (tertiary/aromatic N) is 3. The van der Waals surface area contributed by atoms with E-state index in [1.807, 2.05) is 29.6 Å². The van der Waals surface area contributed by atoms with Crippen LogP contribution in [0.4, 0.5) is 0 Å². The third-order valence-electron chi connectivity index (χ3n) is 4.22. The van der Waals surface area contributed by atoms with Gasteiger partial charge in [-0.1, -0.05) is 23.4 Å². The quantitative estimate of drug-likeness (QED) is 0.553. The molecule has 0 amide bonds. The molecule has 1 aliphatic carbocycles. The van der Waals surface area contributed by atoms with Crippen LogP contribution < -0.4 is 4.74 Å². The van der Waals surface area contributed by atoms with Gasteiger partial charge in [0, 0.05) is 28.0 Å². The summed E-state index contributed by atoms with van der Waals surface area (Å²) in [6.45, 7) is 1.47. The van der Waals surface area contributed by atoms with Crippen molar-refractivity contribution in [2.24, 2.45) is 0 Å². The number of para-hydroxylation sites is 1. The molecule has 25 heavy (non-hydrogen) atoms. The molecule has 0 spiro atoms. The van der Waals surface area contributed by atoms with Gasteiger partial charge in [-0.2, -0.15) is 4.98 Å². The minimum absolute atomic E-state index is 0.580. The van der Waals surface area contributed by atoms with Crippen LogP contribution in [0.25, 0.3) is 10.7 Å². The predicted molar refractivity (Wildman–Crippen MR) is 101 cm³/mol. The fourth-order valence-electron chi connectivity index (χ4n) is 2.83. The Kier molecular flexibility index (Phi) is 4.87. The summed E-state index contributed by atoms with van der Waals surface area (Å²) in [7, 11) is 1.71. The first-order valence-corrected chi connectivity index (χ1v) is 9.83. The average molecular weight is 420 g/mol. The summed E-state index contributed by atoms with van der Waals surface area (Å²) in [6, 6.07) is 10.7. The molecule has 0 aliphatic heterocycles. The van der Waals surface area contributed by atoms with E-state index in [0.29, 0.717) is 24.3 Å². The van der Waals surface area contributed by atoms with Gasteiger partial charge in [-0.3, -0.25) is 4.90 Å². The number of rotatable bonds is 7. The summed E-state index contributed by atoms with van der Waals surface area (Å²) < 4.78 is 12.0. The van der Waals surface area contributed by atoms with E-state index >= 15 is 0 Å². The van der Waals surface area contributed by atoms with Crippen LogP contribution in [0.2, 0.25) is 0 Å². The Morgan fingerprint density at radius 3 is 2.88 bits per heavy atom. The van der Waals surface area contributed by atoms with Gasteiger partial charge in [0.1, 0.15) is 5.75 Å². The Morgan fingerprint density at radius 1 is 1.32 bits per heavy atom. The molecule has 0 atom stereocenters. The van der Waals surface area contributed by atoms with Crippen LogP contribution in [0, 0.1) is 0 Å². The Bertz CT molecular complexity index is 859. The highest BCUT2D eigenvalue weighted by Gasteiger charge is 2.31. The molecule has 4 rings (SSSR count). The van der Waals surface area contributed by atoms with Crippen molar-refractivity contribution >= 4 is 27.3 Å². The molecule has 0 bridgehead atoms. The molecule has 130 valence electrons. The average Bonchev–Trinajstić information content (AvgIpc) is 3.22. The molecule has 1 fully saturated rings. The minimum Gasteiger partial charge on any atom is -0.496 e. The van der Waals surface area contributed by atoms with E-state index in [-0.39, 0.29) is 0 Å². The van der Waals surface area contributed by atoms with Crippen LogP contribution in [0.1, 0.15) is 24.3 Å². The first-order chi connectivity index (χ1) is 12.2. The molecular formula is C18H18BrN3O2S. The Balaban J connectivity index is 1.50. The maximum atomic E-state index is 5.49. The first-order valence-electron chi connectivity index (χ1n) is 8.16. The van der Waals surface area contributed by atoms with Crippen molar-refractivity contribution in [3.8, 4) is 16.5 Å². The lowest BCUT2D eigenvalue weighted by molar-refractivity contribution is 0.207. The molecular weight excluding hydrogens is 402 g/mol. The second-order valence-corrected chi connectivity index (χ2v) is 7.92. The highest BCUT2D eigenvalue weighted by atomic mass is 79.9. The van der Waals surface area contributed by atoms with Crippen molar-refractivity contribution in [3.63, 3.8) is 0 Å². The van der Waals surface area contributed by atoms with Crippen molar-refractivity contribution in [3.05, 3.63) is 51.6 Å². The summed E-state index contributed by atoms with van der Waals surface area (Å²) in [5, 5.41) is 6.14. The third-order valence-corrected chi connectivity index (χ3v) is 5.91. The van der Waals surface area contributed by atoms with Crippen LogP contribution in [0.5, 0.6) is 5.75 Å². The number of aromatic nitrogens is 2. The Labute approximate surface area is 158 Å². The van der Waals surface area contributed by atoms with Gasteiger partial charge in [0.2, 0.25) is 11.7 Å². The maximum absolute atomic E-state index is 5.49. The third kappa shape index (κ3) is 3.94. The van der Waals surface area contributed by atoms with Crippen LogP contribution in [-0.4, -0.2) is 28.2 Å². The topological polar surface area (TPSA) is 51.4 Å². The van der Waals surface area contributed by atoms with Gasteiger partial charge >= 0.3 is 0 Å². The molecule has 2 aromatic heterocycles. The highest BCUT2D eigenvalue weighted by Crippen LogP contribution is 2.32. The molecule has 1 saturated carbocycles. The zero-order valence-corrected chi connectivity index (χ0v) is 16.2.